The summed E-state index contributed by atoms with van der Waals surface area (Å²) in [6.07, 6.45) is 8.41. The summed E-state index contributed by atoms with van der Waals surface area (Å²) >= 11 is 0. The minimum atomic E-state index is 0.356. The minimum Gasteiger partial charge on any atom is -0.369 e. The van der Waals surface area contributed by atoms with Crippen molar-refractivity contribution >= 4 is 5.69 Å². The van der Waals surface area contributed by atoms with Gasteiger partial charge in [0.1, 0.15) is 11.6 Å². The Kier molecular flexibility index (Phi) is 4.13. The molecular formula is C19H27N7. The molecule has 0 atom stereocenters. The lowest BCUT2D eigenvalue weighted by Gasteiger charge is -2.36. The molecule has 1 aliphatic heterocycles. The first-order chi connectivity index (χ1) is 12.8. The van der Waals surface area contributed by atoms with Gasteiger partial charge in [-0.2, -0.15) is 0 Å². The van der Waals surface area contributed by atoms with Crippen LogP contribution in [0.3, 0.4) is 0 Å². The van der Waals surface area contributed by atoms with Crippen molar-refractivity contribution in [3.63, 3.8) is 0 Å². The standard InChI is InChI=1S/C19H27N7/c20-15-11-14(12-15)19-23-22-18(26(19)17-1-2-17)13-24-7-9-25(10-8-24)16-3-5-21-6-4-16/h3-6,14-15,17H,1-2,7-13,20H2. The van der Waals surface area contributed by atoms with Gasteiger partial charge in [-0.25, -0.2) is 0 Å². The normalized spacial score (nSPS) is 26.7. The predicted octanol–water partition coefficient (Wildman–Crippen LogP) is 1.53. The maximum Gasteiger partial charge on any atom is 0.147 e. The van der Waals surface area contributed by atoms with Crippen molar-refractivity contribution in [3.05, 3.63) is 36.2 Å². The van der Waals surface area contributed by atoms with Gasteiger partial charge in [0.05, 0.1) is 6.54 Å². The second kappa shape index (κ2) is 6.63. The molecule has 7 nitrogen and oxygen atoms in total. The van der Waals surface area contributed by atoms with Crippen LogP contribution in [0.4, 0.5) is 5.69 Å². The van der Waals surface area contributed by atoms with E-state index in [1.807, 2.05) is 12.4 Å². The fourth-order valence-corrected chi connectivity index (χ4v) is 4.25. The third-order valence-corrected chi connectivity index (χ3v) is 6.01. The highest BCUT2D eigenvalue weighted by molar-refractivity contribution is 5.44. The molecule has 0 radical (unpaired) electrons. The second-order valence-corrected chi connectivity index (χ2v) is 7.97. The molecule has 7 heteroatoms. The molecule has 138 valence electrons. The summed E-state index contributed by atoms with van der Waals surface area (Å²) in [6, 6.07) is 5.17. The number of nitrogens with two attached hydrogens (primary N) is 1. The fraction of sp³-hybridized carbons (Fsp3) is 0.632. The van der Waals surface area contributed by atoms with Gasteiger partial charge < -0.3 is 15.2 Å². The monoisotopic (exact) mass is 353 g/mol. The average Bonchev–Trinajstić information content (AvgIpc) is 3.41. The molecule has 3 heterocycles. The van der Waals surface area contributed by atoms with Crippen molar-refractivity contribution in [3.8, 4) is 0 Å². The van der Waals surface area contributed by atoms with Gasteiger partial charge in [0.15, 0.2) is 0 Å². The Bertz CT molecular complexity index is 741. The third-order valence-electron chi connectivity index (χ3n) is 6.01. The van der Waals surface area contributed by atoms with E-state index in [0.717, 1.165) is 51.4 Å². The largest absolute Gasteiger partial charge is 0.369 e. The Hall–Kier alpha value is -1.99. The van der Waals surface area contributed by atoms with Gasteiger partial charge in [-0.1, -0.05) is 0 Å². The highest BCUT2D eigenvalue weighted by atomic mass is 15.3. The van der Waals surface area contributed by atoms with Crippen LogP contribution in [0.15, 0.2) is 24.5 Å². The molecule has 0 unspecified atom stereocenters. The molecular weight excluding hydrogens is 326 g/mol. The van der Waals surface area contributed by atoms with E-state index in [-0.39, 0.29) is 0 Å². The van der Waals surface area contributed by atoms with Crippen LogP contribution in [-0.2, 0) is 6.54 Å². The molecule has 0 amide bonds. The Labute approximate surface area is 154 Å². The van der Waals surface area contributed by atoms with Crippen molar-refractivity contribution in [2.75, 3.05) is 31.1 Å². The van der Waals surface area contributed by atoms with Crippen LogP contribution >= 0.6 is 0 Å². The van der Waals surface area contributed by atoms with Crippen molar-refractivity contribution < 1.29 is 0 Å². The summed E-state index contributed by atoms with van der Waals surface area (Å²) in [7, 11) is 0. The molecule has 0 aromatic carbocycles. The van der Waals surface area contributed by atoms with E-state index >= 15 is 0 Å². The minimum absolute atomic E-state index is 0.356. The first-order valence-corrected chi connectivity index (χ1v) is 9.84. The van der Waals surface area contributed by atoms with Crippen LogP contribution in [0.2, 0.25) is 0 Å². The molecule has 1 saturated heterocycles. The number of hydrogen-bond donors (Lipinski definition) is 1. The Balaban J connectivity index is 1.25. The number of hydrogen-bond acceptors (Lipinski definition) is 6. The van der Waals surface area contributed by atoms with E-state index in [9.17, 15) is 0 Å². The molecule has 2 aromatic rings. The van der Waals surface area contributed by atoms with E-state index < -0.39 is 0 Å². The highest BCUT2D eigenvalue weighted by Crippen LogP contribution is 2.42. The van der Waals surface area contributed by atoms with Gasteiger partial charge in [-0.05, 0) is 37.8 Å². The second-order valence-electron chi connectivity index (χ2n) is 7.97. The molecule has 26 heavy (non-hydrogen) atoms. The van der Waals surface area contributed by atoms with E-state index in [1.54, 1.807) is 0 Å². The summed E-state index contributed by atoms with van der Waals surface area (Å²) in [5, 5.41) is 9.16. The van der Waals surface area contributed by atoms with Gasteiger partial charge in [0, 0.05) is 62.3 Å². The number of anilines is 1. The SMILES string of the molecule is NC1CC(c2nnc(CN3CCN(c4ccncc4)CC3)n2C2CC2)C1. The van der Waals surface area contributed by atoms with E-state index in [2.05, 4.69) is 41.7 Å². The van der Waals surface area contributed by atoms with Gasteiger partial charge in [-0.15, -0.1) is 10.2 Å². The summed E-state index contributed by atoms with van der Waals surface area (Å²) in [5.74, 6) is 2.87. The van der Waals surface area contributed by atoms with E-state index in [0.29, 0.717) is 18.0 Å². The summed E-state index contributed by atoms with van der Waals surface area (Å²) in [5.41, 5.74) is 7.26. The topological polar surface area (TPSA) is 76.1 Å². The highest BCUT2D eigenvalue weighted by Gasteiger charge is 2.37. The maximum absolute atomic E-state index is 5.99. The lowest BCUT2D eigenvalue weighted by molar-refractivity contribution is 0.239. The van der Waals surface area contributed by atoms with E-state index in [4.69, 9.17) is 5.73 Å². The summed E-state index contributed by atoms with van der Waals surface area (Å²) < 4.78 is 2.45. The van der Waals surface area contributed by atoms with Crippen LogP contribution in [0, 0.1) is 0 Å². The summed E-state index contributed by atoms with van der Waals surface area (Å²) in [4.78, 5) is 9.06. The van der Waals surface area contributed by atoms with Crippen LogP contribution < -0.4 is 10.6 Å². The third kappa shape index (κ3) is 3.10. The van der Waals surface area contributed by atoms with Gasteiger partial charge >= 0.3 is 0 Å². The Morgan fingerprint density at radius 2 is 1.73 bits per heavy atom. The van der Waals surface area contributed by atoms with Crippen molar-refractivity contribution in [1.82, 2.24) is 24.6 Å². The molecule has 2 aromatic heterocycles. The Morgan fingerprint density at radius 1 is 1.00 bits per heavy atom. The average molecular weight is 353 g/mol. The predicted molar refractivity (Wildman–Crippen MR) is 100.0 cm³/mol. The number of rotatable bonds is 5. The smallest absolute Gasteiger partial charge is 0.147 e. The molecule has 3 aliphatic rings. The quantitative estimate of drug-likeness (QED) is 0.879. The summed E-state index contributed by atoms with van der Waals surface area (Å²) in [6.45, 7) is 5.12. The molecule has 3 fully saturated rings. The zero-order valence-electron chi connectivity index (χ0n) is 15.2. The zero-order chi connectivity index (χ0) is 17.5. The number of pyridine rings is 1. The lowest BCUT2D eigenvalue weighted by atomic mass is 9.80. The number of piperazine rings is 1. The molecule has 0 spiro atoms. The van der Waals surface area contributed by atoms with Crippen LogP contribution in [0.5, 0.6) is 0 Å². The van der Waals surface area contributed by atoms with Gasteiger partial charge in [0.2, 0.25) is 0 Å². The number of nitrogens with zero attached hydrogens (tertiary/aromatic N) is 6. The van der Waals surface area contributed by atoms with Crippen LogP contribution in [-0.4, -0.2) is 56.9 Å². The molecule has 2 saturated carbocycles. The fourth-order valence-electron chi connectivity index (χ4n) is 4.25. The Morgan fingerprint density at radius 3 is 2.38 bits per heavy atom. The van der Waals surface area contributed by atoms with Crippen LogP contribution in [0.1, 0.15) is 49.3 Å². The van der Waals surface area contributed by atoms with Crippen molar-refractivity contribution in [1.29, 1.82) is 0 Å². The molecule has 5 rings (SSSR count). The molecule has 2 N–H and O–H groups in total. The van der Waals surface area contributed by atoms with Gasteiger partial charge in [-0.3, -0.25) is 9.88 Å². The number of aromatic nitrogens is 4. The first kappa shape index (κ1) is 16.2. The van der Waals surface area contributed by atoms with Crippen molar-refractivity contribution in [2.45, 2.75) is 50.2 Å². The maximum atomic E-state index is 5.99. The van der Waals surface area contributed by atoms with Crippen molar-refractivity contribution in [2.24, 2.45) is 5.73 Å². The zero-order valence-corrected chi connectivity index (χ0v) is 15.2. The molecule has 0 bridgehead atoms. The van der Waals surface area contributed by atoms with E-state index in [1.165, 1.54) is 24.4 Å². The van der Waals surface area contributed by atoms with Crippen LogP contribution in [0.25, 0.3) is 0 Å². The van der Waals surface area contributed by atoms with Gasteiger partial charge in [0.25, 0.3) is 0 Å². The lowest BCUT2D eigenvalue weighted by Crippen LogP contribution is -2.46. The molecule has 2 aliphatic carbocycles. The first-order valence-electron chi connectivity index (χ1n) is 9.84.